The number of rotatable bonds is 6. The molecule has 1 unspecified atom stereocenters. The summed E-state index contributed by atoms with van der Waals surface area (Å²) in [6.07, 6.45) is 0.714. The molecule has 0 saturated carbocycles. The van der Waals surface area contributed by atoms with Gasteiger partial charge in [-0.2, -0.15) is 0 Å². The predicted molar refractivity (Wildman–Crippen MR) is 108 cm³/mol. The molecule has 7 nitrogen and oxygen atoms in total. The number of nitrogens with zero attached hydrogens (tertiary/aromatic N) is 2. The molecule has 1 aromatic heterocycles. The molecule has 0 radical (unpaired) electrons. The minimum Gasteiger partial charge on any atom is -0.462 e. The van der Waals surface area contributed by atoms with Crippen molar-refractivity contribution >= 4 is 22.8 Å². The van der Waals surface area contributed by atoms with E-state index in [9.17, 15) is 18.8 Å². The van der Waals surface area contributed by atoms with E-state index in [1.165, 1.54) is 18.2 Å². The second-order valence-corrected chi connectivity index (χ2v) is 8.19. The van der Waals surface area contributed by atoms with Crippen molar-refractivity contribution in [2.45, 2.75) is 71.6 Å². The van der Waals surface area contributed by atoms with Crippen LogP contribution in [0.1, 0.15) is 58.7 Å². The van der Waals surface area contributed by atoms with Crippen LogP contribution in [-0.4, -0.2) is 33.7 Å². The fourth-order valence-electron chi connectivity index (χ4n) is 3.79. The minimum absolute atomic E-state index is 0.115. The van der Waals surface area contributed by atoms with E-state index in [0.29, 0.717) is 30.6 Å². The van der Waals surface area contributed by atoms with E-state index in [4.69, 9.17) is 9.47 Å². The zero-order valence-corrected chi connectivity index (χ0v) is 17.7. The molecule has 8 heteroatoms. The zero-order valence-electron chi connectivity index (χ0n) is 17.7. The van der Waals surface area contributed by atoms with Gasteiger partial charge in [-0.05, 0) is 59.1 Å². The molecule has 2 heterocycles. The van der Waals surface area contributed by atoms with Crippen LogP contribution in [0.15, 0.2) is 23.0 Å². The lowest BCUT2D eigenvalue weighted by molar-refractivity contribution is -0.167. The van der Waals surface area contributed by atoms with Gasteiger partial charge in [0.05, 0.1) is 23.1 Å². The highest BCUT2D eigenvalue weighted by molar-refractivity contribution is 5.95. The number of aromatic nitrogens is 2. The number of hydrogen-bond acceptors (Lipinski definition) is 6. The molecule has 1 aliphatic heterocycles. The third-order valence-electron chi connectivity index (χ3n) is 5.04. The first-order valence-electron chi connectivity index (χ1n) is 10.3. The number of ether oxygens (including phenoxy) is 2. The molecule has 1 aliphatic rings. The lowest BCUT2D eigenvalue weighted by Crippen LogP contribution is -2.35. The Morgan fingerprint density at radius 3 is 2.40 bits per heavy atom. The van der Waals surface area contributed by atoms with Gasteiger partial charge in [-0.25, -0.2) is 9.37 Å². The highest BCUT2D eigenvalue weighted by Crippen LogP contribution is 2.32. The van der Waals surface area contributed by atoms with Crippen molar-refractivity contribution in [3.63, 3.8) is 0 Å². The maximum atomic E-state index is 13.7. The van der Waals surface area contributed by atoms with Crippen LogP contribution in [0.3, 0.4) is 0 Å². The van der Waals surface area contributed by atoms with Crippen LogP contribution in [0, 0.1) is 11.7 Å². The van der Waals surface area contributed by atoms with Crippen LogP contribution in [0.2, 0.25) is 0 Å². The van der Waals surface area contributed by atoms with Crippen molar-refractivity contribution in [3.8, 4) is 0 Å². The van der Waals surface area contributed by atoms with Crippen LogP contribution in [-0.2, 0) is 25.6 Å². The Morgan fingerprint density at radius 2 is 1.80 bits per heavy atom. The molecule has 0 bridgehead atoms. The second kappa shape index (κ2) is 8.93. The molecule has 0 saturated heterocycles. The number of carbonyl (C=O) groups excluding carboxylic acids is 2. The topological polar surface area (TPSA) is 87.5 Å². The monoisotopic (exact) mass is 418 g/mol. The average Bonchev–Trinajstić information content (AvgIpc) is 2.65. The summed E-state index contributed by atoms with van der Waals surface area (Å²) < 4.78 is 25.8. The SMILES string of the molecule is CC(C)OC(=O)C(CC1CCCn2c1nc1cc(F)ccc1c2=O)C(=O)OC(C)C. The van der Waals surface area contributed by atoms with Gasteiger partial charge in [0.25, 0.3) is 5.56 Å². The molecule has 3 rings (SSSR count). The van der Waals surface area contributed by atoms with Gasteiger partial charge in [0.2, 0.25) is 0 Å². The molecular formula is C22H27FN2O5. The summed E-state index contributed by atoms with van der Waals surface area (Å²) in [4.78, 5) is 42.7. The quantitative estimate of drug-likeness (QED) is 0.528. The number of carbonyl (C=O) groups is 2. The van der Waals surface area contributed by atoms with Gasteiger partial charge in [-0.3, -0.25) is 19.0 Å². The van der Waals surface area contributed by atoms with Crippen LogP contribution in [0.4, 0.5) is 4.39 Å². The first-order valence-corrected chi connectivity index (χ1v) is 10.3. The Kier molecular flexibility index (Phi) is 6.53. The maximum Gasteiger partial charge on any atom is 0.320 e. The van der Waals surface area contributed by atoms with Gasteiger partial charge in [0.15, 0.2) is 5.92 Å². The summed E-state index contributed by atoms with van der Waals surface area (Å²) in [5.41, 5.74) is 0.0231. The molecule has 0 fully saturated rings. The normalized spacial score (nSPS) is 16.2. The average molecular weight is 418 g/mol. The van der Waals surface area contributed by atoms with Gasteiger partial charge in [0.1, 0.15) is 11.6 Å². The molecule has 0 N–H and O–H groups in total. The van der Waals surface area contributed by atoms with E-state index in [0.717, 1.165) is 0 Å². The molecule has 162 valence electrons. The highest BCUT2D eigenvalue weighted by Gasteiger charge is 2.36. The largest absolute Gasteiger partial charge is 0.462 e. The van der Waals surface area contributed by atoms with E-state index < -0.39 is 23.7 Å². The number of hydrogen-bond donors (Lipinski definition) is 0. The van der Waals surface area contributed by atoms with Crippen molar-refractivity contribution in [3.05, 3.63) is 40.2 Å². The number of benzene rings is 1. The van der Waals surface area contributed by atoms with E-state index in [-0.39, 0.29) is 35.6 Å². The Morgan fingerprint density at radius 1 is 1.17 bits per heavy atom. The molecule has 0 amide bonds. The summed E-state index contributed by atoms with van der Waals surface area (Å²) in [5, 5.41) is 0.343. The second-order valence-electron chi connectivity index (χ2n) is 8.19. The summed E-state index contributed by atoms with van der Waals surface area (Å²) in [6, 6.07) is 3.89. The van der Waals surface area contributed by atoms with Gasteiger partial charge >= 0.3 is 11.9 Å². The van der Waals surface area contributed by atoms with E-state index in [2.05, 4.69) is 4.98 Å². The van der Waals surface area contributed by atoms with Gasteiger partial charge in [-0.15, -0.1) is 0 Å². The number of fused-ring (bicyclic) bond motifs is 2. The van der Waals surface area contributed by atoms with Crippen molar-refractivity contribution in [1.82, 2.24) is 9.55 Å². The summed E-state index contributed by atoms with van der Waals surface area (Å²) in [7, 11) is 0. The molecule has 1 atom stereocenters. The molecule has 30 heavy (non-hydrogen) atoms. The Bertz CT molecular complexity index is 992. The number of halogens is 1. The smallest absolute Gasteiger partial charge is 0.320 e. The van der Waals surface area contributed by atoms with Crippen LogP contribution in [0.5, 0.6) is 0 Å². The van der Waals surface area contributed by atoms with Crippen LogP contribution < -0.4 is 5.56 Å². The summed E-state index contributed by atoms with van der Waals surface area (Å²) in [6.45, 7) is 7.32. The Balaban J connectivity index is 1.98. The van der Waals surface area contributed by atoms with Gasteiger partial charge in [0, 0.05) is 18.5 Å². The Labute approximate surface area is 174 Å². The predicted octanol–water partition coefficient (Wildman–Crippen LogP) is 3.32. The van der Waals surface area contributed by atoms with E-state index >= 15 is 0 Å². The third-order valence-corrected chi connectivity index (χ3v) is 5.04. The van der Waals surface area contributed by atoms with Gasteiger partial charge in [-0.1, -0.05) is 0 Å². The fraction of sp³-hybridized carbons (Fsp3) is 0.545. The third kappa shape index (κ3) is 4.68. The number of esters is 2. The molecular weight excluding hydrogens is 391 g/mol. The van der Waals surface area contributed by atoms with Crippen molar-refractivity contribution in [2.24, 2.45) is 5.92 Å². The lowest BCUT2D eigenvalue weighted by Gasteiger charge is -2.28. The summed E-state index contributed by atoms with van der Waals surface area (Å²) >= 11 is 0. The molecule has 2 aromatic rings. The van der Waals surface area contributed by atoms with Crippen molar-refractivity contribution < 1.29 is 23.5 Å². The van der Waals surface area contributed by atoms with Crippen LogP contribution in [0.25, 0.3) is 10.9 Å². The van der Waals surface area contributed by atoms with Crippen molar-refractivity contribution in [1.29, 1.82) is 0 Å². The van der Waals surface area contributed by atoms with Crippen LogP contribution >= 0.6 is 0 Å². The van der Waals surface area contributed by atoms with Crippen molar-refractivity contribution in [2.75, 3.05) is 0 Å². The fourth-order valence-corrected chi connectivity index (χ4v) is 3.79. The first kappa shape index (κ1) is 21.9. The maximum absolute atomic E-state index is 13.7. The first-order chi connectivity index (χ1) is 14.2. The Hall–Kier alpha value is -2.77. The molecule has 0 spiro atoms. The van der Waals surface area contributed by atoms with E-state index in [1.54, 1.807) is 32.3 Å². The zero-order chi connectivity index (χ0) is 22.0. The standard InChI is InChI=1S/C22H27FN2O5/c1-12(2)29-21(27)17(22(28)30-13(3)4)10-14-6-5-9-25-19(14)24-18-11-15(23)7-8-16(18)20(25)26/h7-8,11-14,17H,5-6,9-10H2,1-4H3. The summed E-state index contributed by atoms with van der Waals surface area (Å²) in [5.74, 6) is -2.77. The lowest BCUT2D eigenvalue weighted by atomic mass is 9.88. The van der Waals surface area contributed by atoms with Gasteiger partial charge < -0.3 is 9.47 Å². The molecule has 0 aliphatic carbocycles. The highest BCUT2D eigenvalue weighted by atomic mass is 19.1. The van der Waals surface area contributed by atoms with E-state index in [1.807, 2.05) is 0 Å². The molecule has 1 aromatic carbocycles. The minimum atomic E-state index is -1.12.